The largest absolute Gasteiger partial charge is 0.353 e. The third-order valence-corrected chi connectivity index (χ3v) is 6.05. The monoisotopic (exact) mass is 480 g/mol. The fourth-order valence-corrected chi connectivity index (χ4v) is 4.40. The molecule has 1 aliphatic heterocycles. The van der Waals surface area contributed by atoms with Crippen LogP contribution in [0.5, 0.6) is 0 Å². The van der Waals surface area contributed by atoms with Gasteiger partial charge >= 0.3 is 0 Å². The average molecular weight is 481 g/mol. The summed E-state index contributed by atoms with van der Waals surface area (Å²) in [5.74, 6) is 1.58. The maximum Gasteiger partial charge on any atom is 0.251 e. The van der Waals surface area contributed by atoms with E-state index in [1.165, 1.54) is 6.92 Å². The number of carbonyl (C=O) groups excluding carboxylic acids is 3. The molecule has 2 heterocycles. The van der Waals surface area contributed by atoms with Crippen molar-refractivity contribution >= 4 is 23.4 Å². The number of amides is 2. The first kappa shape index (κ1) is 24.6. The van der Waals surface area contributed by atoms with Gasteiger partial charge in [-0.15, -0.1) is 0 Å². The summed E-state index contributed by atoms with van der Waals surface area (Å²) in [4.78, 5) is 43.5. The summed E-state index contributed by atoms with van der Waals surface area (Å²) in [7, 11) is 0. The molecule has 0 spiro atoms. The maximum atomic E-state index is 13.3. The molecule has 3 aromatic rings. The molecule has 2 atom stereocenters. The van der Waals surface area contributed by atoms with Crippen molar-refractivity contribution in [1.29, 1.82) is 0 Å². The van der Waals surface area contributed by atoms with Gasteiger partial charge in [0.05, 0.1) is 12.1 Å². The van der Waals surface area contributed by atoms with Crippen molar-refractivity contribution in [1.82, 2.24) is 15.2 Å². The second-order valence-electron chi connectivity index (χ2n) is 8.63. The van der Waals surface area contributed by atoms with Crippen molar-refractivity contribution in [2.75, 3.05) is 11.9 Å². The van der Waals surface area contributed by atoms with Crippen LogP contribution < -0.4 is 10.6 Å². The standard InChI is InChI=1S/C29H28N4O3/c1-21(35)31-25-13-7-11-23(18-25)29(36)32-26(17-22-9-3-2-4-10-22)28(20-34)33-16-6-5-14-27(33)24-12-8-15-30-19-24/h2-13,15,18-19,26-27H,14,16-17H2,1H3,(H,31,35)(H,32,36). The molecular formula is C29H28N4O3. The Balaban J connectivity index is 1.65. The van der Waals surface area contributed by atoms with Crippen LogP contribution in [0.15, 0.2) is 97.0 Å². The summed E-state index contributed by atoms with van der Waals surface area (Å²) in [5.41, 5.74) is 3.25. The van der Waals surface area contributed by atoms with Gasteiger partial charge in [0.1, 0.15) is 11.6 Å². The molecule has 1 aromatic heterocycles. The summed E-state index contributed by atoms with van der Waals surface area (Å²) in [5, 5.41) is 5.74. The second-order valence-corrected chi connectivity index (χ2v) is 8.63. The van der Waals surface area contributed by atoms with Crippen LogP contribution in [-0.4, -0.2) is 40.2 Å². The SMILES string of the molecule is CC(=O)Nc1cccc(C(=O)NC(Cc2ccccc2)C(=C=O)N2CC=CCC2c2cccnc2)c1. The zero-order valence-corrected chi connectivity index (χ0v) is 20.1. The van der Waals surface area contributed by atoms with Crippen LogP contribution >= 0.6 is 0 Å². The molecule has 2 aromatic carbocycles. The van der Waals surface area contributed by atoms with Crippen LogP contribution in [0.3, 0.4) is 0 Å². The Bertz CT molecular complexity index is 1280. The van der Waals surface area contributed by atoms with E-state index in [1.54, 1.807) is 36.7 Å². The molecule has 0 fully saturated rings. The van der Waals surface area contributed by atoms with E-state index < -0.39 is 6.04 Å². The van der Waals surface area contributed by atoms with Gasteiger partial charge in [0.25, 0.3) is 5.91 Å². The van der Waals surface area contributed by atoms with Gasteiger partial charge in [-0.3, -0.25) is 14.6 Å². The van der Waals surface area contributed by atoms with E-state index in [0.717, 1.165) is 11.1 Å². The first-order valence-corrected chi connectivity index (χ1v) is 11.8. The Labute approximate surface area is 210 Å². The van der Waals surface area contributed by atoms with E-state index in [1.807, 2.05) is 53.4 Å². The molecular weight excluding hydrogens is 452 g/mol. The van der Waals surface area contributed by atoms with Gasteiger partial charge in [0.2, 0.25) is 5.91 Å². The molecule has 7 heteroatoms. The molecule has 0 radical (unpaired) electrons. The van der Waals surface area contributed by atoms with Gasteiger partial charge < -0.3 is 15.5 Å². The third-order valence-electron chi connectivity index (χ3n) is 6.05. The van der Waals surface area contributed by atoms with Gasteiger partial charge in [-0.25, -0.2) is 4.79 Å². The van der Waals surface area contributed by atoms with Crippen LogP contribution in [0.25, 0.3) is 0 Å². The van der Waals surface area contributed by atoms with Gasteiger partial charge in [0.15, 0.2) is 0 Å². The molecule has 2 unspecified atom stereocenters. The topological polar surface area (TPSA) is 91.4 Å². The lowest BCUT2D eigenvalue weighted by atomic mass is 9.96. The van der Waals surface area contributed by atoms with E-state index in [0.29, 0.717) is 36.3 Å². The maximum absolute atomic E-state index is 13.3. The molecule has 36 heavy (non-hydrogen) atoms. The molecule has 4 rings (SSSR count). The zero-order valence-electron chi connectivity index (χ0n) is 20.1. The number of pyridine rings is 1. The number of nitrogens with zero attached hydrogens (tertiary/aromatic N) is 2. The fraction of sp³-hybridized carbons (Fsp3) is 0.207. The van der Waals surface area contributed by atoms with Gasteiger partial charge in [-0.05, 0) is 48.2 Å². The second kappa shape index (κ2) is 11.8. The number of carbonyl (C=O) groups is 2. The number of hydrogen-bond acceptors (Lipinski definition) is 5. The lowest BCUT2D eigenvalue weighted by Gasteiger charge is -2.38. The summed E-state index contributed by atoms with van der Waals surface area (Å²) < 4.78 is 0. The predicted octanol–water partition coefficient (Wildman–Crippen LogP) is 4.10. The highest BCUT2D eigenvalue weighted by molar-refractivity contribution is 5.97. The Hall–Kier alpha value is -4.48. The summed E-state index contributed by atoms with van der Waals surface area (Å²) in [6.07, 6.45) is 8.76. The summed E-state index contributed by atoms with van der Waals surface area (Å²) >= 11 is 0. The molecule has 0 saturated carbocycles. The minimum Gasteiger partial charge on any atom is -0.353 e. The van der Waals surface area contributed by atoms with Crippen molar-refractivity contribution < 1.29 is 14.4 Å². The fourth-order valence-electron chi connectivity index (χ4n) is 4.40. The minimum absolute atomic E-state index is 0.0987. The highest BCUT2D eigenvalue weighted by Gasteiger charge is 2.30. The highest BCUT2D eigenvalue weighted by Crippen LogP contribution is 2.31. The molecule has 182 valence electrons. The molecule has 2 amide bonds. The lowest BCUT2D eigenvalue weighted by Crippen LogP contribution is -2.45. The Morgan fingerprint density at radius 2 is 1.92 bits per heavy atom. The van der Waals surface area contributed by atoms with Gasteiger partial charge in [-0.2, -0.15) is 0 Å². The van der Waals surface area contributed by atoms with E-state index in [9.17, 15) is 14.4 Å². The van der Waals surface area contributed by atoms with Crippen molar-refractivity contribution in [3.8, 4) is 0 Å². The molecule has 0 saturated heterocycles. The summed E-state index contributed by atoms with van der Waals surface area (Å²) in [6.45, 7) is 1.93. The van der Waals surface area contributed by atoms with Gasteiger partial charge in [0, 0.05) is 37.1 Å². The smallest absolute Gasteiger partial charge is 0.251 e. The zero-order chi connectivity index (χ0) is 25.3. The normalized spacial score (nSPS) is 15.5. The van der Waals surface area contributed by atoms with Crippen LogP contribution in [0, 0.1) is 0 Å². The van der Waals surface area contributed by atoms with Gasteiger partial charge in [-0.1, -0.05) is 54.6 Å². The van der Waals surface area contributed by atoms with Crippen LogP contribution in [-0.2, 0) is 16.0 Å². The van der Waals surface area contributed by atoms with Crippen molar-refractivity contribution in [3.63, 3.8) is 0 Å². The third kappa shape index (κ3) is 6.14. The number of anilines is 1. The number of aromatic nitrogens is 1. The summed E-state index contributed by atoms with van der Waals surface area (Å²) in [6, 6.07) is 19.6. The van der Waals surface area contributed by atoms with E-state index in [4.69, 9.17) is 0 Å². The number of hydrogen-bond donors (Lipinski definition) is 2. The molecule has 0 bridgehead atoms. The lowest BCUT2D eigenvalue weighted by molar-refractivity contribution is -0.114. The van der Waals surface area contributed by atoms with Crippen molar-refractivity contribution in [2.24, 2.45) is 0 Å². The van der Waals surface area contributed by atoms with E-state index in [2.05, 4.69) is 27.6 Å². The predicted molar refractivity (Wildman–Crippen MR) is 139 cm³/mol. The van der Waals surface area contributed by atoms with Crippen molar-refractivity contribution in [2.45, 2.75) is 31.8 Å². The Morgan fingerprint density at radius 3 is 2.64 bits per heavy atom. The Kier molecular flexibility index (Phi) is 8.06. The minimum atomic E-state index is -0.618. The van der Waals surface area contributed by atoms with Crippen molar-refractivity contribution in [3.05, 3.63) is 114 Å². The highest BCUT2D eigenvalue weighted by atomic mass is 16.2. The van der Waals surface area contributed by atoms with Crippen LogP contribution in [0.2, 0.25) is 0 Å². The first-order valence-electron chi connectivity index (χ1n) is 11.8. The molecule has 1 aliphatic rings. The first-order chi connectivity index (χ1) is 17.5. The number of nitrogens with one attached hydrogen (secondary N) is 2. The van der Waals surface area contributed by atoms with E-state index in [-0.39, 0.29) is 17.9 Å². The average Bonchev–Trinajstić information content (AvgIpc) is 2.90. The molecule has 2 N–H and O–H groups in total. The number of rotatable bonds is 8. The molecule has 0 aliphatic carbocycles. The van der Waals surface area contributed by atoms with E-state index >= 15 is 0 Å². The quantitative estimate of drug-likeness (QED) is 0.374. The van der Waals surface area contributed by atoms with Crippen LogP contribution in [0.4, 0.5) is 5.69 Å². The molecule has 7 nitrogen and oxygen atoms in total. The van der Waals surface area contributed by atoms with Crippen LogP contribution in [0.1, 0.15) is 40.9 Å². The number of benzene rings is 2. The Morgan fingerprint density at radius 1 is 1.08 bits per heavy atom.